The van der Waals surface area contributed by atoms with E-state index in [1.54, 1.807) is 18.2 Å². The van der Waals surface area contributed by atoms with Gasteiger partial charge in [0.2, 0.25) is 27.8 Å². The number of sulfonamides is 1. The first-order valence-electron chi connectivity index (χ1n) is 21.9. The molecule has 0 saturated carbocycles. The monoisotopic (exact) mass is 955 g/mol. The van der Waals surface area contributed by atoms with Crippen molar-refractivity contribution in [1.29, 1.82) is 0 Å². The topological polar surface area (TPSA) is 185 Å². The Hall–Kier alpha value is -5.50. The van der Waals surface area contributed by atoms with E-state index in [1.165, 1.54) is 10.6 Å². The van der Waals surface area contributed by atoms with Gasteiger partial charge in [-0.25, -0.2) is 13.4 Å². The van der Waals surface area contributed by atoms with Crippen molar-refractivity contribution in [2.24, 2.45) is 0 Å². The van der Waals surface area contributed by atoms with Crippen LogP contribution in [0.3, 0.4) is 0 Å². The summed E-state index contributed by atoms with van der Waals surface area (Å²) in [7, 11) is -1.78. The van der Waals surface area contributed by atoms with Crippen LogP contribution < -0.4 is 35.2 Å². The van der Waals surface area contributed by atoms with Gasteiger partial charge in [0.15, 0.2) is 0 Å². The highest BCUT2D eigenvalue weighted by molar-refractivity contribution is 9.10. The lowest BCUT2D eigenvalue weighted by atomic mass is 10.0. The standard InChI is InChI=1S/C45H54BrN11O6S/c1-28-24-36(50-45-48-26-33(46)42(52-45)49-35-9-4-6-29-12-18-57(41(29)35)64(3,61)62)39(63-2)25-38(28)55-16-13-30(14-17-55)54-22-20-53(21-23-54)19-15-47-34-8-5-7-31-32(34)27-56(44(31)60)37-10-11-40(58)51-43(37)59/h4-9,24-26,30,37,47H,10-23,27H2,1-3H3,(H,51,58,59)(H2,48,49,50,52). The fourth-order valence-corrected chi connectivity index (χ4v) is 11.1. The Morgan fingerprint density at radius 2 is 1.67 bits per heavy atom. The molecule has 17 nitrogen and oxygen atoms in total. The second-order valence-corrected chi connectivity index (χ2v) is 19.9. The first kappa shape index (κ1) is 43.7. The molecule has 0 aliphatic carbocycles. The highest BCUT2D eigenvalue weighted by atomic mass is 79.9. The van der Waals surface area contributed by atoms with Crippen molar-refractivity contribution < 1.29 is 27.5 Å². The first-order chi connectivity index (χ1) is 30.8. The second kappa shape index (κ2) is 18.2. The number of benzene rings is 3. The molecule has 1 unspecified atom stereocenters. The van der Waals surface area contributed by atoms with Gasteiger partial charge in [0.1, 0.15) is 17.6 Å². The quantitative estimate of drug-likeness (QED) is 0.134. The molecule has 64 heavy (non-hydrogen) atoms. The van der Waals surface area contributed by atoms with Crippen LogP contribution in [0.25, 0.3) is 0 Å². The number of amides is 3. The molecule has 9 rings (SSSR count). The number of carbonyl (C=O) groups excluding carboxylic acids is 3. The van der Waals surface area contributed by atoms with Crippen LogP contribution in [-0.2, 0) is 32.6 Å². The number of anilines is 7. The van der Waals surface area contributed by atoms with Crippen molar-refractivity contribution in [3.05, 3.63) is 81.5 Å². The molecular weight excluding hydrogens is 903 g/mol. The van der Waals surface area contributed by atoms with Crippen molar-refractivity contribution in [3.8, 4) is 5.75 Å². The van der Waals surface area contributed by atoms with E-state index in [4.69, 9.17) is 9.72 Å². The van der Waals surface area contributed by atoms with E-state index < -0.39 is 22.0 Å². The number of methoxy groups -OCH3 is 1. The summed E-state index contributed by atoms with van der Waals surface area (Å²) in [4.78, 5) is 55.9. The lowest BCUT2D eigenvalue weighted by Gasteiger charge is -2.43. The minimum Gasteiger partial charge on any atom is -0.494 e. The zero-order valence-corrected chi connectivity index (χ0v) is 38.7. The van der Waals surface area contributed by atoms with Crippen LogP contribution in [0.15, 0.2) is 59.2 Å². The van der Waals surface area contributed by atoms with Gasteiger partial charge in [-0.15, -0.1) is 0 Å². The minimum atomic E-state index is -3.45. The maximum atomic E-state index is 13.3. The molecule has 1 atom stereocenters. The van der Waals surface area contributed by atoms with Crippen molar-refractivity contribution in [1.82, 2.24) is 30.0 Å². The Balaban J connectivity index is 0.761. The Morgan fingerprint density at radius 3 is 2.42 bits per heavy atom. The fourth-order valence-electron chi connectivity index (χ4n) is 9.83. The number of nitrogens with one attached hydrogen (secondary N) is 4. The number of para-hydroxylation sites is 1. The molecule has 0 spiro atoms. The highest BCUT2D eigenvalue weighted by Crippen LogP contribution is 2.41. The second-order valence-electron chi connectivity index (χ2n) is 17.1. The molecule has 0 radical (unpaired) electrons. The summed E-state index contributed by atoms with van der Waals surface area (Å²) in [6.07, 6.45) is 6.27. The number of hydrogen-bond donors (Lipinski definition) is 4. The van der Waals surface area contributed by atoms with Crippen LogP contribution >= 0.6 is 15.9 Å². The summed E-state index contributed by atoms with van der Waals surface area (Å²) in [6, 6.07) is 15.5. The Bertz CT molecular complexity index is 2580. The predicted octanol–water partition coefficient (Wildman–Crippen LogP) is 4.82. The van der Waals surface area contributed by atoms with Crippen LogP contribution in [-0.4, -0.2) is 135 Å². The smallest absolute Gasteiger partial charge is 0.255 e. The Morgan fingerprint density at radius 1 is 0.906 bits per heavy atom. The number of nitrogens with zero attached hydrogens (tertiary/aromatic N) is 7. The predicted molar refractivity (Wildman–Crippen MR) is 251 cm³/mol. The number of fused-ring (bicyclic) bond motifs is 2. The molecule has 0 bridgehead atoms. The number of piperidine rings is 2. The van der Waals surface area contributed by atoms with E-state index in [0.717, 1.165) is 99.0 Å². The van der Waals surface area contributed by atoms with Gasteiger partial charge in [0, 0.05) is 113 Å². The third-order valence-electron chi connectivity index (χ3n) is 13.2. The van der Waals surface area contributed by atoms with E-state index in [-0.39, 0.29) is 18.2 Å². The number of hydrogen-bond acceptors (Lipinski definition) is 14. The van der Waals surface area contributed by atoms with Crippen molar-refractivity contribution in [2.75, 3.05) is 97.4 Å². The molecule has 4 N–H and O–H groups in total. The van der Waals surface area contributed by atoms with Crippen LogP contribution in [0, 0.1) is 6.92 Å². The summed E-state index contributed by atoms with van der Waals surface area (Å²) < 4.78 is 33.1. The molecule has 19 heteroatoms. The third kappa shape index (κ3) is 8.94. The zero-order valence-electron chi connectivity index (χ0n) is 36.3. The fraction of sp³-hybridized carbons (Fsp3) is 0.444. The maximum Gasteiger partial charge on any atom is 0.255 e. The molecule has 5 aliphatic heterocycles. The number of rotatable bonds is 13. The van der Waals surface area contributed by atoms with E-state index in [0.29, 0.717) is 70.9 Å². The van der Waals surface area contributed by atoms with Crippen molar-refractivity contribution in [2.45, 2.75) is 57.7 Å². The third-order valence-corrected chi connectivity index (χ3v) is 14.9. The summed E-state index contributed by atoms with van der Waals surface area (Å²) in [6.45, 7) is 10.4. The van der Waals surface area contributed by atoms with Gasteiger partial charge < -0.3 is 30.5 Å². The first-order valence-corrected chi connectivity index (χ1v) is 24.6. The normalized spacial score (nSPS) is 19.7. The highest BCUT2D eigenvalue weighted by Gasteiger charge is 2.40. The molecule has 5 aliphatic rings. The molecule has 1 aromatic heterocycles. The molecule has 6 heterocycles. The molecule has 3 fully saturated rings. The van der Waals surface area contributed by atoms with Gasteiger partial charge >= 0.3 is 0 Å². The minimum absolute atomic E-state index is 0.159. The van der Waals surface area contributed by atoms with Gasteiger partial charge in [-0.1, -0.05) is 18.2 Å². The Kier molecular flexibility index (Phi) is 12.4. The summed E-state index contributed by atoms with van der Waals surface area (Å²) in [5.74, 6) is 0.688. The SMILES string of the molecule is COc1cc(N2CCC(N3CCN(CCNc4cccc5c4CN(C4CCC(=O)NC4=O)C5=O)CC3)CC2)c(C)cc1Nc1ncc(Br)c(Nc2cccc3c2N(S(C)(=O)=O)CC3)n1. The number of imide groups is 1. The van der Waals surface area contributed by atoms with Gasteiger partial charge in [0.25, 0.3) is 5.91 Å². The number of aryl methyl sites for hydroxylation is 1. The lowest BCUT2D eigenvalue weighted by molar-refractivity contribution is -0.136. The van der Waals surface area contributed by atoms with Crippen molar-refractivity contribution in [3.63, 3.8) is 0 Å². The van der Waals surface area contributed by atoms with E-state index in [9.17, 15) is 22.8 Å². The van der Waals surface area contributed by atoms with Gasteiger partial charge in [-0.3, -0.25) is 33.8 Å². The number of carbonyl (C=O) groups is 3. The zero-order chi connectivity index (χ0) is 44.7. The molecule has 3 aromatic carbocycles. The van der Waals surface area contributed by atoms with Gasteiger partial charge in [-0.05, 0) is 83.9 Å². The van der Waals surface area contributed by atoms with E-state index in [2.05, 4.69) is 75.9 Å². The van der Waals surface area contributed by atoms with E-state index in [1.807, 2.05) is 36.4 Å². The molecule has 4 aromatic rings. The summed E-state index contributed by atoms with van der Waals surface area (Å²) >= 11 is 3.56. The summed E-state index contributed by atoms with van der Waals surface area (Å²) in [5.41, 5.74) is 7.69. The molecule has 338 valence electrons. The lowest BCUT2D eigenvalue weighted by Crippen LogP contribution is -2.53. The Labute approximate surface area is 382 Å². The molecular formula is C45H54BrN11O6S. The number of aromatic nitrogens is 2. The number of ether oxygens (including phenoxy) is 1. The van der Waals surface area contributed by atoms with Crippen molar-refractivity contribution >= 4 is 83.9 Å². The van der Waals surface area contributed by atoms with Gasteiger partial charge in [-0.2, -0.15) is 4.98 Å². The largest absolute Gasteiger partial charge is 0.494 e. The van der Waals surface area contributed by atoms with Gasteiger partial charge in [0.05, 0.1) is 34.9 Å². The number of piperazine rings is 1. The molecule has 3 amide bonds. The maximum absolute atomic E-state index is 13.3. The average molecular weight is 957 g/mol. The van der Waals surface area contributed by atoms with Crippen LogP contribution in [0.1, 0.15) is 52.7 Å². The van der Waals surface area contributed by atoms with Crippen LogP contribution in [0.5, 0.6) is 5.75 Å². The van der Waals surface area contributed by atoms with Crippen LogP contribution in [0.2, 0.25) is 0 Å². The number of halogens is 1. The molecule has 3 saturated heterocycles. The van der Waals surface area contributed by atoms with E-state index >= 15 is 0 Å². The average Bonchev–Trinajstić information content (AvgIpc) is 3.88. The summed E-state index contributed by atoms with van der Waals surface area (Å²) in [5, 5.41) is 12.6. The van der Waals surface area contributed by atoms with Crippen LogP contribution in [0.4, 0.5) is 40.2 Å².